The van der Waals surface area contributed by atoms with E-state index in [0.29, 0.717) is 15.6 Å². The molecule has 1 fully saturated rings. The van der Waals surface area contributed by atoms with Crippen LogP contribution in [-0.4, -0.2) is 27.6 Å². The monoisotopic (exact) mass is 478 g/mol. The molecule has 168 valence electrons. The predicted molar refractivity (Wildman–Crippen MR) is 125 cm³/mol. The number of thioether (sulfide) groups is 1. The highest BCUT2D eigenvalue weighted by Crippen LogP contribution is 2.33. The Kier molecular flexibility index (Phi) is 7.73. The molecule has 0 radical (unpaired) electrons. The van der Waals surface area contributed by atoms with Gasteiger partial charge in [-0.3, -0.25) is 14.5 Å². The molecule has 0 aromatic heterocycles. The Morgan fingerprint density at radius 3 is 2.56 bits per heavy atom. The zero-order valence-corrected chi connectivity index (χ0v) is 18.9. The zero-order valence-electron chi connectivity index (χ0n) is 17.2. The van der Waals surface area contributed by atoms with Crippen molar-refractivity contribution >= 4 is 51.9 Å². The third-order valence-corrected chi connectivity index (χ3v) is 6.20. The van der Waals surface area contributed by atoms with E-state index in [-0.39, 0.29) is 24.6 Å². The van der Waals surface area contributed by atoms with Crippen molar-refractivity contribution in [2.45, 2.75) is 32.4 Å². The van der Waals surface area contributed by atoms with Crippen LogP contribution in [0, 0.1) is 0 Å². The second-order valence-electron chi connectivity index (χ2n) is 7.16. The van der Waals surface area contributed by atoms with E-state index in [1.807, 2.05) is 24.3 Å². The lowest BCUT2D eigenvalue weighted by Crippen LogP contribution is -2.29. The van der Waals surface area contributed by atoms with Crippen LogP contribution in [0.4, 0.5) is 18.9 Å². The van der Waals surface area contributed by atoms with E-state index in [1.165, 1.54) is 34.4 Å². The van der Waals surface area contributed by atoms with E-state index in [0.717, 1.165) is 24.1 Å². The number of hydrogen-bond donors (Lipinski definition) is 1. The maximum absolute atomic E-state index is 12.8. The molecule has 9 heteroatoms. The minimum atomic E-state index is -4.48. The van der Waals surface area contributed by atoms with Crippen LogP contribution in [0.25, 0.3) is 6.08 Å². The second-order valence-corrected chi connectivity index (χ2v) is 8.83. The van der Waals surface area contributed by atoms with Crippen molar-refractivity contribution < 1.29 is 22.8 Å². The van der Waals surface area contributed by atoms with Crippen molar-refractivity contribution in [3.63, 3.8) is 0 Å². The van der Waals surface area contributed by atoms with Crippen LogP contribution < -0.4 is 5.32 Å². The Morgan fingerprint density at radius 1 is 1.19 bits per heavy atom. The Balaban J connectivity index is 1.53. The Labute approximate surface area is 193 Å². The van der Waals surface area contributed by atoms with Gasteiger partial charge in [0.25, 0.3) is 5.91 Å². The third kappa shape index (κ3) is 6.20. The van der Waals surface area contributed by atoms with Gasteiger partial charge in [-0.05, 0) is 48.2 Å². The lowest BCUT2D eigenvalue weighted by atomic mass is 10.1. The summed E-state index contributed by atoms with van der Waals surface area (Å²) in [4.78, 5) is 26.8. The zero-order chi connectivity index (χ0) is 23.3. The van der Waals surface area contributed by atoms with Crippen molar-refractivity contribution in [2.24, 2.45) is 0 Å². The van der Waals surface area contributed by atoms with Crippen LogP contribution in [0.1, 0.15) is 36.5 Å². The summed E-state index contributed by atoms with van der Waals surface area (Å²) < 4.78 is 38.8. The van der Waals surface area contributed by atoms with E-state index in [1.54, 1.807) is 6.08 Å². The molecule has 2 amide bonds. The van der Waals surface area contributed by atoms with E-state index in [9.17, 15) is 22.8 Å². The lowest BCUT2D eigenvalue weighted by molar-refractivity contribution is -0.137. The largest absolute Gasteiger partial charge is 0.416 e. The predicted octanol–water partition coefficient (Wildman–Crippen LogP) is 5.89. The van der Waals surface area contributed by atoms with Crippen LogP contribution in [0.2, 0.25) is 0 Å². The number of alkyl halides is 3. The average Bonchev–Trinajstić information content (AvgIpc) is 3.01. The topological polar surface area (TPSA) is 49.4 Å². The molecule has 1 aliphatic rings. The molecular formula is C23H21F3N2O2S2. The van der Waals surface area contributed by atoms with Crippen LogP contribution in [0.3, 0.4) is 0 Å². The molecule has 1 N–H and O–H groups in total. The fourth-order valence-corrected chi connectivity index (χ4v) is 4.40. The van der Waals surface area contributed by atoms with Crippen LogP contribution in [0.5, 0.6) is 0 Å². The van der Waals surface area contributed by atoms with E-state index in [4.69, 9.17) is 12.2 Å². The SMILES string of the molecule is CCc1ccc(/C=C2/SC(=S)N(CCCC(=O)Nc3cccc(C(F)(F)F)c3)C2=O)cc1. The summed E-state index contributed by atoms with van der Waals surface area (Å²) in [6.45, 7) is 2.33. The van der Waals surface area contributed by atoms with Gasteiger partial charge < -0.3 is 5.32 Å². The molecule has 3 rings (SSSR count). The van der Waals surface area contributed by atoms with Gasteiger partial charge in [-0.2, -0.15) is 13.2 Å². The maximum Gasteiger partial charge on any atom is 0.416 e. The summed E-state index contributed by atoms with van der Waals surface area (Å²) in [6.07, 6.45) is -1.38. The van der Waals surface area contributed by atoms with Gasteiger partial charge in [-0.25, -0.2) is 0 Å². The molecule has 1 saturated heterocycles. The highest BCUT2D eigenvalue weighted by atomic mass is 32.2. The molecule has 2 aromatic carbocycles. The number of halogens is 3. The first-order valence-electron chi connectivity index (χ1n) is 9.99. The number of anilines is 1. The fraction of sp³-hybridized carbons (Fsp3) is 0.261. The molecule has 4 nitrogen and oxygen atoms in total. The molecule has 2 aromatic rings. The van der Waals surface area contributed by atoms with E-state index < -0.39 is 17.6 Å². The summed E-state index contributed by atoms with van der Waals surface area (Å²) in [6, 6.07) is 12.4. The fourth-order valence-electron chi connectivity index (χ4n) is 3.09. The maximum atomic E-state index is 12.8. The first-order chi connectivity index (χ1) is 15.2. The molecule has 0 spiro atoms. The van der Waals surface area contributed by atoms with Gasteiger partial charge in [0.1, 0.15) is 4.32 Å². The smallest absolute Gasteiger partial charge is 0.326 e. The van der Waals surface area contributed by atoms with Crippen molar-refractivity contribution in [2.75, 3.05) is 11.9 Å². The number of carbonyl (C=O) groups is 2. The first kappa shape index (κ1) is 24.0. The summed E-state index contributed by atoms with van der Waals surface area (Å²) in [5.41, 5.74) is 1.36. The lowest BCUT2D eigenvalue weighted by Gasteiger charge is -2.14. The number of nitrogens with one attached hydrogen (secondary N) is 1. The number of hydrogen-bond acceptors (Lipinski definition) is 4. The number of nitrogens with zero attached hydrogens (tertiary/aromatic N) is 1. The van der Waals surface area contributed by atoms with Crippen molar-refractivity contribution in [1.82, 2.24) is 4.90 Å². The molecule has 1 heterocycles. The Hall–Kier alpha value is -2.65. The van der Waals surface area contributed by atoms with Crippen LogP contribution in [-0.2, 0) is 22.2 Å². The number of rotatable bonds is 7. The summed E-state index contributed by atoms with van der Waals surface area (Å²) >= 11 is 6.52. The van der Waals surface area contributed by atoms with Crippen molar-refractivity contribution in [1.29, 1.82) is 0 Å². The van der Waals surface area contributed by atoms with Gasteiger partial charge in [-0.15, -0.1) is 0 Å². The molecule has 0 bridgehead atoms. The summed E-state index contributed by atoms with van der Waals surface area (Å²) in [5.74, 6) is -0.640. The number of carbonyl (C=O) groups excluding carboxylic acids is 2. The van der Waals surface area contributed by atoms with Gasteiger partial charge in [0.15, 0.2) is 0 Å². The Morgan fingerprint density at radius 2 is 1.91 bits per heavy atom. The van der Waals surface area contributed by atoms with E-state index >= 15 is 0 Å². The normalized spacial score (nSPS) is 15.5. The molecule has 0 unspecified atom stereocenters. The van der Waals surface area contributed by atoms with Crippen LogP contribution >= 0.6 is 24.0 Å². The third-order valence-electron chi connectivity index (χ3n) is 4.82. The van der Waals surface area contributed by atoms with E-state index in [2.05, 4.69) is 12.2 Å². The van der Waals surface area contributed by atoms with Crippen LogP contribution in [0.15, 0.2) is 53.4 Å². The minimum Gasteiger partial charge on any atom is -0.326 e. The Bertz CT molecular complexity index is 1050. The standard InChI is InChI=1S/C23H21F3N2O2S2/c1-2-15-8-10-16(11-9-15)13-19-21(30)28(22(31)32-19)12-4-7-20(29)27-18-6-3-5-17(14-18)23(24,25)26/h3,5-6,8-11,13-14H,2,4,7,12H2,1H3,(H,27,29)/b19-13+. The molecule has 0 saturated carbocycles. The van der Waals surface area contributed by atoms with Gasteiger partial charge in [0.2, 0.25) is 5.91 Å². The van der Waals surface area contributed by atoms with Gasteiger partial charge in [0, 0.05) is 18.7 Å². The second kappa shape index (κ2) is 10.3. The highest BCUT2D eigenvalue weighted by Gasteiger charge is 2.32. The number of benzene rings is 2. The molecule has 1 aliphatic heterocycles. The van der Waals surface area contributed by atoms with Crippen molar-refractivity contribution in [3.8, 4) is 0 Å². The number of thiocarbonyl (C=S) groups is 1. The minimum absolute atomic E-state index is 0.0465. The molecule has 32 heavy (non-hydrogen) atoms. The highest BCUT2D eigenvalue weighted by molar-refractivity contribution is 8.26. The molecule has 0 aliphatic carbocycles. The molecular weight excluding hydrogens is 457 g/mol. The average molecular weight is 479 g/mol. The first-order valence-corrected chi connectivity index (χ1v) is 11.2. The number of amides is 2. The summed E-state index contributed by atoms with van der Waals surface area (Å²) in [5, 5.41) is 2.46. The quantitative estimate of drug-likeness (QED) is 0.398. The summed E-state index contributed by atoms with van der Waals surface area (Å²) in [7, 11) is 0. The number of aryl methyl sites for hydroxylation is 1. The van der Waals surface area contributed by atoms with Gasteiger partial charge in [-0.1, -0.05) is 61.2 Å². The van der Waals surface area contributed by atoms with Crippen molar-refractivity contribution in [3.05, 3.63) is 70.1 Å². The van der Waals surface area contributed by atoms with Gasteiger partial charge >= 0.3 is 6.18 Å². The molecule has 0 atom stereocenters. The van der Waals surface area contributed by atoms with Gasteiger partial charge in [0.05, 0.1) is 10.5 Å².